The molecule has 1 saturated heterocycles. The molecular weight excluding hydrogens is 383 g/mol. The molecular formula is C20H18ClFN4O2. The van der Waals surface area contributed by atoms with Gasteiger partial charge < -0.3 is 15.4 Å². The summed E-state index contributed by atoms with van der Waals surface area (Å²) in [5.74, 6) is -0.404. The molecule has 3 heterocycles. The molecule has 1 aliphatic heterocycles. The fourth-order valence-electron chi connectivity index (χ4n) is 3.41. The number of rotatable bonds is 4. The highest BCUT2D eigenvalue weighted by Gasteiger charge is 2.24. The van der Waals surface area contributed by atoms with E-state index in [-0.39, 0.29) is 23.1 Å². The molecule has 0 radical (unpaired) electrons. The molecule has 1 aliphatic rings. The van der Waals surface area contributed by atoms with Crippen LogP contribution in [0.1, 0.15) is 23.3 Å². The number of hydrogen-bond donors (Lipinski definition) is 1. The standard InChI is InChI=1S/C20H18ClFN4O2/c21-15-4-8-25-19-14(15)1-2-17(18(19)22)26-9-5-12(6-10-26)28-13-3-7-24-16(11-13)20(23)27/h1-4,7-8,11-12H,5-6,9-10H2,(H2,23,27). The van der Waals surface area contributed by atoms with Crippen molar-refractivity contribution in [1.29, 1.82) is 0 Å². The number of benzene rings is 1. The van der Waals surface area contributed by atoms with E-state index in [1.165, 1.54) is 18.5 Å². The Labute approximate surface area is 166 Å². The van der Waals surface area contributed by atoms with Crippen molar-refractivity contribution in [3.63, 3.8) is 0 Å². The molecule has 0 bridgehead atoms. The second kappa shape index (κ2) is 7.59. The van der Waals surface area contributed by atoms with E-state index in [0.717, 1.165) is 0 Å². The molecule has 0 aliphatic carbocycles. The van der Waals surface area contributed by atoms with Crippen LogP contribution in [-0.4, -0.2) is 35.1 Å². The van der Waals surface area contributed by atoms with E-state index >= 15 is 0 Å². The lowest BCUT2D eigenvalue weighted by Gasteiger charge is -2.34. The third kappa shape index (κ3) is 3.57. The number of aromatic nitrogens is 2. The Kier molecular flexibility index (Phi) is 5.00. The smallest absolute Gasteiger partial charge is 0.267 e. The Morgan fingerprint density at radius 1 is 1.18 bits per heavy atom. The van der Waals surface area contributed by atoms with Crippen LogP contribution in [0.5, 0.6) is 5.75 Å². The van der Waals surface area contributed by atoms with Crippen molar-refractivity contribution < 1.29 is 13.9 Å². The molecule has 1 amide bonds. The van der Waals surface area contributed by atoms with Gasteiger partial charge in [-0.2, -0.15) is 0 Å². The lowest BCUT2D eigenvalue weighted by Crippen LogP contribution is -2.38. The first-order chi connectivity index (χ1) is 13.5. The van der Waals surface area contributed by atoms with Gasteiger partial charge in [-0.05, 0) is 24.3 Å². The number of pyridine rings is 2. The van der Waals surface area contributed by atoms with Gasteiger partial charge in [-0.15, -0.1) is 0 Å². The van der Waals surface area contributed by atoms with Crippen molar-refractivity contribution in [3.05, 3.63) is 59.3 Å². The van der Waals surface area contributed by atoms with Crippen LogP contribution in [0.3, 0.4) is 0 Å². The van der Waals surface area contributed by atoms with E-state index in [1.54, 1.807) is 24.3 Å². The number of halogens is 2. The molecule has 144 valence electrons. The third-order valence-electron chi connectivity index (χ3n) is 4.85. The maximum Gasteiger partial charge on any atom is 0.267 e. The number of anilines is 1. The fraction of sp³-hybridized carbons (Fsp3) is 0.250. The quantitative estimate of drug-likeness (QED) is 0.724. The van der Waals surface area contributed by atoms with E-state index in [9.17, 15) is 9.18 Å². The SMILES string of the molecule is NC(=O)c1cc(OC2CCN(c3ccc4c(Cl)ccnc4c3F)CC2)ccn1. The zero-order valence-electron chi connectivity index (χ0n) is 14.9. The molecule has 0 spiro atoms. The number of nitrogens with zero attached hydrogens (tertiary/aromatic N) is 3. The molecule has 2 aromatic heterocycles. The molecule has 0 atom stereocenters. The first kappa shape index (κ1) is 18.4. The predicted molar refractivity (Wildman–Crippen MR) is 105 cm³/mol. The van der Waals surface area contributed by atoms with E-state index in [4.69, 9.17) is 22.1 Å². The Hall–Kier alpha value is -2.93. The fourth-order valence-corrected chi connectivity index (χ4v) is 3.62. The van der Waals surface area contributed by atoms with E-state index in [1.807, 2.05) is 4.90 Å². The van der Waals surface area contributed by atoms with Gasteiger partial charge in [0.05, 0.1) is 10.7 Å². The maximum absolute atomic E-state index is 15.0. The van der Waals surface area contributed by atoms with Crippen molar-refractivity contribution in [1.82, 2.24) is 9.97 Å². The third-order valence-corrected chi connectivity index (χ3v) is 5.18. The molecule has 8 heteroatoms. The topological polar surface area (TPSA) is 81.3 Å². The predicted octanol–water partition coefficient (Wildman–Crippen LogP) is 3.57. The zero-order valence-corrected chi connectivity index (χ0v) is 15.7. The van der Waals surface area contributed by atoms with Gasteiger partial charge in [0, 0.05) is 49.8 Å². The van der Waals surface area contributed by atoms with Crippen molar-refractivity contribution in [2.75, 3.05) is 18.0 Å². The number of ether oxygens (including phenoxy) is 1. The summed E-state index contributed by atoms with van der Waals surface area (Å²) in [5, 5.41) is 1.09. The first-order valence-electron chi connectivity index (χ1n) is 8.93. The van der Waals surface area contributed by atoms with Crippen molar-refractivity contribution >= 4 is 34.1 Å². The molecule has 3 aromatic rings. The van der Waals surface area contributed by atoms with Crippen LogP contribution >= 0.6 is 11.6 Å². The number of carbonyl (C=O) groups is 1. The summed E-state index contributed by atoms with van der Waals surface area (Å²) in [6, 6.07) is 8.42. The Bertz CT molecular complexity index is 1040. The van der Waals surface area contributed by atoms with Gasteiger partial charge in [0.15, 0.2) is 5.82 Å². The number of nitrogens with two attached hydrogens (primary N) is 1. The minimum absolute atomic E-state index is 0.0320. The molecule has 28 heavy (non-hydrogen) atoms. The number of hydrogen-bond acceptors (Lipinski definition) is 5. The van der Waals surface area contributed by atoms with Crippen LogP contribution < -0.4 is 15.4 Å². The number of carbonyl (C=O) groups excluding carboxylic acids is 1. The van der Waals surface area contributed by atoms with Crippen molar-refractivity contribution in [2.24, 2.45) is 5.73 Å². The molecule has 0 unspecified atom stereocenters. The summed E-state index contributed by atoms with van der Waals surface area (Å²) in [6.07, 6.45) is 4.40. The van der Waals surface area contributed by atoms with Crippen molar-refractivity contribution in [3.8, 4) is 5.75 Å². The van der Waals surface area contributed by atoms with Gasteiger partial charge in [0.2, 0.25) is 0 Å². The summed E-state index contributed by atoms with van der Waals surface area (Å²) < 4.78 is 20.9. The summed E-state index contributed by atoms with van der Waals surface area (Å²) in [7, 11) is 0. The van der Waals surface area contributed by atoms with E-state index < -0.39 is 5.91 Å². The number of fused-ring (bicyclic) bond motifs is 1. The molecule has 4 rings (SSSR count). The zero-order chi connectivity index (χ0) is 19.7. The van der Waals surface area contributed by atoms with Crippen molar-refractivity contribution in [2.45, 2.75) is 18.9 Å². The normalized spacial score (nSPS) is 15.0. The Morgan fingerprint density at radius 3 is 2.68 bits per heavy atom. The molecule has 1 fully saturated rings. The number of amides is 1. The van der Waals surface area contributed by atoms with Crippen LogP contribution in [0.15, 0.2) is 42.7 Å². The summed E-state index contributed by atoms with van der Waals surface area (Å²) in [6.45, 7) is 1.28. The summed E-state index contributed by atoms with van der Waals surface area (Å²) >= 11 is 6.12. The van der Waals surface area contributed by atoms with Crippen LogP contribution in [0.2, 0.25) is 5.02 Å². The first-order valence-corrected chi connectivity index (χ1v) is 9.31. The van der Waals surface area contributed by atoms with Gasteiger partial charge in [-0.25, -0.2) is 4.39 Å². The highest BCUT2D eigenvalue weighted by atomic mass is 35.5. The number of primary amides is 1. The van der Waals surface area contributed by atoms with Crippen LogP contribution in [-0.2, 0) is 0 Å². The highest BCUT2D eigenvalue weighted by Crippen LogP contribution is 2.31. The average molecular weight is 401 g/mol. The maximum atomic E-state index is 15.0. The minimum Gasteiger partial charge on any atom is -0.490 e. The van der Waals surface area contributed by atoms with Crippen LogP contribution in [0.4, 0.5) is 10.1 Å². The van der Waals surface area contributed by atoms with Gasteiger partial charge >= 0.3 is 0 Å². The Morgan fingerprint density at radius 2 is 1.93 bits per heavy atom. The number of piperidine rings is 1. The average Bonchev–Trinajstić information content (AvgIpc) is 2.70. The van der Waals surface area contributed by atoms with Crippen LogP contribution in [0.25, 0.3) is 10.9 Å². The van der Waals surface area contributed by atoms with E-state index in [0.29, 0.717) is 47.8 Å². The minimum atomic E-state index is -0.597. The van der Waals surface area contributed by atoms with E-state index in [2.05, 4.69) is 9.97 Å². The molecule has 1 aromatic carbocycles. The lowest BCUT2D eigenvalue weighted by molar-refractivity contribution is 0.0994. The van der Waals surface area contributed by atoms with Gasteiger partial charge in [-0.1, -0.05) is 11.6 Å². The second-order valence-corrected chi connectivity index (χ2v) is 7.04. The summed E-state index contributed by atoms with van der Waals surface area (Å²) in [4.78, 5) is 21.3. The monoisotopic (exact) mass is 400 g/mol. The lowest BCUT2D eigenvalue weighted by atomic mass is 10.1. The molecule has 6 nitrogen and oxygen atoms in total. The van der Waals surface area contributed by atoms with Gasteiger partial charge in [0.1, 0.15) is 23.1 Å². The van der Waals surface area contributed by atoms with Gasteiger partial charge in [-0.3, -0.25) is 14.8 Å². The molecule has 0 saturated carbocycles. The highest BCUT2D eigenvalue weighted by molar-refractivity contribution is 6.35. The summed E-state index contributed by atoms with van der Waals surface area (Å²) in [5.41, 5.74) is 6.21. The molecule has 2 N–H and O–H groups in total. The largest absolute Gasteiger partial charge is 0.490 e. The Balaban J connectivity index is 1.46. The second-order valence-electron chi connectivity index (χ2n) is 6.63. The van der Waals surface area contributed by atoms with Crippen LogP contribution in [0, 0.1) is 5.82 Å². The van der Waals surface area contributed by atoms with Gasteiger partial charge in [0.25, 0.3) is 5.91 Å².